The fourth-order valence-corrected chi connectivity index (χ4v) is 1.76. The first-order valence-corrected chi connectivity index (χ1v) is 6.04. The standard InChI is InChI=1S/C14H20O5/c1-14(2,3)8-4-5-10(15)9(6-8)13(19)11(16)7-12(17)18/h4-6,11,13,15-16,19H,7H2,1-3H3,(H,17,18). The number of carboxylic acid groups (broad SMARTS) is 1. The van der Waals surface area contributed by atoms with Gasteiger partial charge in [-0.3, -0.25) is 4.79 Å². The molecule has 0 radical (unpaired) electrons. The van der Waals surface area contributed by atoms with Gasteiger partial charge in [0, 0.05) is 5.56 Å². The van der Waals surface area contributed by atoms with Crippen LogP contribution in [-0.4, -0.2) is 32.5 Å². The van der Waals surface area contributed by atoms with Gasteiger partial charge in [-0.2, -0.15) is 0 Å². The summed E-state index contributed by atoms with van der Waals surface area (Å²) in [5.74, 6) is -1.37. The molecule has 0 spiro atoms. The summed E-state index contributed by atoms with van der Waals surface area (Å²) in [6.07, 6.45) is -3.47. The molecule has 0 aromatic heterocycles. The summed E-state index contributed by atoms with van der Waals surface area (Å²) in [4.78, 5) is 10.5. The van der Waals surface area contributed by atoms with E-state index in [-0.39, 0.29) is 16.7 Å². The Bertz CT molecular complexity index is 461. The fourth-order valence-electron chi connectivity index (χ4n) is 1.76. The van der Waals surface area contributed by atoms with Crippen LogP contribution in [0, 0.1) is 0 Å². The number of rotatable bonds is 4. The zero-order valence-electron chi connectivity index (χ0n) is 11.3. The molecule has 0 aliphatic carbocycles. The van der Waals surface area contributed by atoms with Gasteiger partial charge in [0.2, 0.25) is 0 Å². The van der Waals surface area contributed by atoms with Crippen molar-refractivity contribution in [2.45, 2.75) is 44.8 Å². The average molecular weight is 268 g/mol. The lowest BCUT2D eigenvalue weighted by Crippen LogP contribution is -2.22. The first-order chi connectivity index (χ1) is 8.62. The molecule has 1 aromatic carbocycles. The number of carboxylic acids is 1. The summed E-state index contributed by atoms with van der Waals surface area (Å²) in [6.45, 7) is 5.93. The molecule has 5 heteroatoms. The van der Waals surface area contributed by atoms with Crippen LogP contribution >= 0.6 is 0 Å². The predicted octanol–water partition coefficient (Wildman–Crippen LogP) is 1.56. The average Bonchev–Trinajstić information content (AvgIpc) is 2.26. The third-order valence-electron chi connectivity index (χ3n) is 2.96. The van der Waals surface area contributed by atoms with Gasteiger partial charge in [-0.25, -0.2) is 0 Å². The van der Waals surface area contributed by atoms with Gasteiger partial charge in [-0.05, 0) is 23.1 Å². The molecule has 2 atom stereocenters. The van der Waals surface area contributed by atoms with Gasteiger partial charge in [0.15, 0.2) is 0 Å². The van der Waals surface area contributed by atoms with Crippen LogP contribution in [0.3, 0.4) is 0 Å². The minimum absolute atomic E-state index is 0.140. The Labute approximate surface area is 112 Å². The van der Waals surface area contributed by atoms with E-state index in [1.165, 1.54) is 6.07 Å². The van der Waals surface area contributed by atoms with E-state index in [1.54, 1.807) is 12.1 Å². The Hall–Kier alpha value is -1.59. The van der Waals surface area contributed by atoms with Gasteiger partial charge in [0.05, 0.1) is 12.5 Å². The maximum Gasteiger partial charge on any atom is 0.306 e. The molecule has 0 aliphatic heterocycles. The van der Waals surface area contributed by atoms with Crippen molar-refractivity contribution in [3.8, 4) is 5.75 Å². The Balaban J connectivity index is 3.08. The van der Waals surface area contributed by atoms with Crippen LogP contribution in [0.5, 0.6) is 5.75 Å². The second-order valence-electron chi connectivity index (χ2n) is 5.63. The minimum atomic E-state index is -1.46. The van der Waals surface area contributed by atoms with Gasteiger partial charge in [-0.1, -0.05) is 26.8 Å². The summed E-state index contributed by atoms with van der Waals surface area (Å²) in [5.41, 5.74) is 0.836. The van der Waals surface area contributed by atoms with Crippen molar-refractivity contribution < 1.29 is 25.2 Å². The number of phenolic OH excluding ortho intramolecular Hbond substituents is 1. The lowest BCUT2D eigenvalue weighted by Gasteiger charge is -2.23. The number of benzene rings is 1. The van der Waals surface area contributed by atoms with Gasteiger partial charge in [0.25, 0.3) is 0 Å². The number of hydrogen-bond donors (Lipinski definition) is 4. The Morgan fingerprint density at radius 1 is 1.26 bits per heavy atom. The van der Waals surface area contributed by atoms with E-state index in [1.807, 2.05) is 20.8 Å². The normalized spacial score (nSPS) is 15.0. The Kier molecular flexibility index (Phi) is 4.55. The monoisotopic (exact) mass is 268 g/mol. The lowest BCUT2D eigenvalue weighted by molar-refractivity contribution is -0.141. The number of aromatic hydroxyl groups is 1. The molecule has 1 rings (SSSR count). The maximum atomic E-state index is 10.5. The molecule has 106 valence electrons. The highest BCUT2D eigenvalue weighted by Crippen LogP contribution is 2.32. The first-order valence-electron chi connectivity index (χ1n) is 6.04. The van der Waals surface area contributed by atoms with Crippen LogP contribution in [0.25, 0.3) is 0 Å². The van der Waals surface area contributed by atoms with Crippen molar-refractivity contribution in [1.29, 1.82) is 0 Å². The highest BCUT2D eigenvalue weighted by atomic mass is 16.4. The number of phenols is 1. The largest absolute Gasteiger partial charge is 0.508 e. The summed E-state index contributed by atoms with van der Waals surface area (Å²) < 4.78 is 0. The zero-order valence-corrected chi connectivity index (χ0v) is 11.3. The van der Waals surface area contributed by atoms with E-state index < -0.39 is 24.6 Å². The van der Waals surface area contributed by atoms with Crippen molar-refractivity contribution in [1.82, 2.24) is 0 Å². The molecule has 2 unspecified atom stereocenters. The summed E-state index contributed by atoms with van der Waals surface area (Å²) >= 11 is 0. The minimum Gasteiger partial charge on any atom is -0.508 e. The Morgan fingerprint density at radius 3 is 2.32 bits per heavy atom. The van der Waals surface area contributed by atoms with Crippen molar-refractivity contribution in [2.75, 3.05) is 0 Å². The van der Waals surface area contributed by atoms with E-state index in [2.05, 4.69) is 0 Å². The van der Waals surface area contributed by atoms with E-state index >= 15 is 0 Å². The molecule has 0 saturated carbocycles. The zero-order chi connectivity index (χ0) is 14.8. The van der Waals surface area contributed by atoms with E-state index in [0.29, 0.717) is 0 Å². The van der Waals surface area contributed by atoms with Crippen LogP contribution in [-0.2, 0) is 10.2 Å². The van der Waals surface area contributed by atoms with E-state index in [9.17, 15) is 20.1 Å². The SMILES string of the molecule is CC(C)(C)c1ccc(O)c(C(O)C(O)CC(=O)O)c1. The molecule has 1 aromatic rings. The molecule has 0 heterocycles. The third-order valence-corrected chi connectivity index (χ3v) is 2.96. The van der Waals surface area contributed by atoms with E-state index in [4.69, 9.17) is 5.11 Å². The number of carbonyl (C=O) groups is 1. The van der Waals surface area contributed by atoms with Crippen molar-refractivity contribution in [3.63, 3.8) is 0 Å². The number of aliphatic hydroxyl groups excluding tert-OH is 2. The Morgan fingerprint density at radius 2 is 1.84 bits per heavy atom. The molecule has 0 bridgehead atoms. The van der Waals surface area contributed by atoms with Crippen LogP contribution < -0.4 is 0 Å². The van der Waals surface area contributed by atoms with Crippen LogP contribution in [0.2, 0.25) is 0 Å². The molecule has 0 fully saturated rings. The van der Waals surface area contributed by atoms with Gasteiger partial charge in [0.1, 0.15) is 11.9 Å². The second kappa shape index (κ2) is 5.59. The fraction of sp³-hybridized carbons (Fsp3) is 0.500. The lowest BCUT2D eigenvalue weighted by atomic mass is 9.85. The second-order valence-corrected chi connectivity index (χ2v) is 5.63. The van der Waals surface area contributed by atoms with Gasteiger partial charge >= 0.3 is 5.97 Å². The molecular formula is C14H20O5. The van der Waals surface area contributed by atoms with Crippen LogP contribution in [0.15, 0.2) is 18.2 Å². The molecule has 0 amide bonds. The predicted molar refractivity (Wildman–Crippen MR) is 70.0 cm³/mol. The first kappa shape index (κ1) is 15.5. The smallest absolute Gasteiger partial charge is 0.306 e. The quantitative estimate of drug-likeness (QED) is 0.664. The number of aliphatic carboxylic acids is 1. The summed E-state index contributed by atoms with van der Waals surface area (Å²) in [5, 5.41) is 37.9. The molecule has 19 heavy (non-hydrogen) atoms. The van der Waals surface area contributed by atoms with Crippen molar-refractivity contribution in [2.24, 2.45) is 0 Å². The maximum absolute atomic E-state index is 10.5. The highest BCUT2D eigenvalue weighted by molar-refractivity contribution is 5.67. The summed E-state index contributed by atoms with van der Waals surface area (Å²) in [7, 11) is 0. The van der Waals surface area contributed by atoms with Crippen molar-refractivity contribution in [3.05, 3.63) is 29.3 Å². The third kappa shape index (κ3) is 3.94. The highest BCUT2D eigenvalue weighted by Gasteiger charge is 2.25. The van der Waals surface area contributed by atoms with E-state index in [0.717, 1.165) is 5.56 Å². The molecular weight excluding hydrogens is 248 g/mol. The van der Waals surface area contributed by atoms with Crippen LogP contribution in [0.4, 0.5) is 0 Å². The van der Waals surface area contributed by atoms with Gasteiger partial charge in [-0.15, -0.1) is 0 Å². The van der Waals surface area contributed by atoms with Crippen molar-refractivity contribution >= 4 is 5.97 Å². The van der Waals surface area contributed by atoms with Gasteiger partial charge < -0.3 is 20.4 Å². The number of hydrogen-bond acceptors (Lipinski definition) is 4. The number of aliphatic hydroxyl groups is 2. The molecule has 0 saturated heterocycles. The van der Waals surface area contributed by atoms with Crippen LogP contribution in [0.1, 0.15) is 44.4 Å². The summed E-state index contributed by atoms with van der Waals surface area (Å²) in [6, 6.07) is 4.76. The molecule has 4 N–H and O–H groups in total. The molecule has 5 nitrogen and oxygen atoms in total. The topological polar surface area (TPSA) is 98.0 Å². The molecule has 0 aliphatic rings.